The second-order valence-corrected chi connectivity index (χ2v) is 5.24. The zero-order chi connectivity index (χ0) is 14.5. The van der Waals surface area contributed by atoms with Crippen molar-refractivity contribution in [2.24, 2.45) is 0 Å². The van der Waals surface area contributed by atoms with Crippen molar-refractivity contribution >= 4 is 43.9 Å². The minimum Gasteiger partial charge on any atom is -0.254 e. The van der Waals surface area contributed by atoms with Crippen molar-refractivity contribution in [3.63, 3.8) is 0 Å². The van der Waals surface area contributed by atoms with Crippen molar-refractivity contribution in [2.75, 3.05) is 0 Å². The quantitative estimate of drug-likeness (QED) is 0.319. The first kappa shape index (κ1) is 11.5. The lowest BCUT2D eigenvalue weighted by Crippen LogP contribution is -1.92. The molecule has 0 fully saturated rings. The van der Waals surface area contributed by atoms with Crippen LogP contribution in [0.25, 0.3) is 43.9 Å². The number of fused-ring (bicyclic) bond motifs is 6. The Morgan fingerprint density at radius 3 is 1.50 bits per heavy atom. The number of rotatable bonds is 0. The zero-order valence-corrected chi connectivity index (χ0v) is 11.6. The van der Waals surface area contributed by atoms with Gasteiger partial charge in [-0.25, -0.2) is 9.97 Å². The number of benzene rings is 2. The van der Waals surface area contributed by atoms with Gasteiger partial charge in [-0.2, -0.15) is 0 Å². The van der Waals surface area contributed by atoms with Crippen LogP contribution in [-0.4, -0.2) is 19.9 Å². The third-order valence-electron chi connectivity index (χ3n) is 3.92. The van der Waals surface area contributed by atoms with Crippen LogP contribution in [0, 0.1) is 0 Å². The lowest BCUT2D eigenvalue weighted by Gasteiger charge is -2.05. The Labute approximate surface area is 125 Å². The van der Waals surface area contributed by atoms with Gasteiger partial charge in [0.15, 0.2) is 0 Å². The van der Waals surface area contributed by atoms with Crippen molar-refractivity contribution < 1.29 is 0 Å². The largest absolute Gasteiger partial charge is 0.254 e. The van der Waals surface area contributed by atoms with Crippen LogP contribution in [0.3, 0.4) is 0 Å². The lowest BCUT2D eigenvalue weighted by atomic mass is 10.1. The number of pyridine rings is 2. The number of nitrogens with zero attached hydrogens (tertiary/aromatic N) is 4. The minimum atomic E-state index is 0.834. The van der Waals surface area contributed by atoms with Gasteiger partial charge in [-0.05, 0) is 24.3 Å². The predicted molar refractivity (Wildman–Crippen MR) is 87.6 cm³/mol. The van der Waals surface area contributed by atoms with Crippen molar-refractivity contribution in [3.05, 3.63) is 60.9 Å². The molecule has 5 aromatic rings. The summed E-state index contributed by atoms with van der Waals surface area (Å²) in [5.41, 5.74) is 5.13. The molecule has 0 amide bonds. The van der Waals surface area contributed by atoms with E-state index in [1.165, 1.54) is 0 Å². The first-order valence-corrected chi connectivity index (χ1v) is 7.09. The van der Waals surface area contributed by atoms with Crippen LogP contribution in [0.2, 0.25) is 0 Å². The van der Waals surface area contributed by atoms with E-state index in [0.29, 0.717) is 0 Å². The molecule has 102 valence electrons. The summed E-state index contributed by atoms with van der Waals surface area (Å²) in [5, 5.41) is 2.14. The Morgan fingerprint density at radius 1 is 0.500 bits per heavy atom. The van der Waals surface area contributed by atoms with Crippen LogP contribution < -0.4 is 0 Å². The molecule has 0 aliphatic rings. The molecule has 0 radical (unpaired) electrons. The molecule has 0 unspecified atom stereocenters. The van der Waals surface area contributed by atoms with Crippen molar-refractivity contribution in [3.8, 4) is 0 Å². The number of hydrogen-bond donors (Lipinski definition) is 0. The van der Waals surface area contributed by atoms with E-state index in [-0.39, 0.29) is 0 Å². The number of hydrogen-bond acceptors (Lipinski definition) is 4. The fourth-order valence-electron chi connectivity index (χ4n) is 2.88. The van der Waals surface area contributed by atoms with Crippen LogP contribution in [-0.2, 0) is 0 Å². The molecule has 3 heterocycles. The summed E-state index contributed by atoms with van der Waals surface area (Å²) in [6.07, 6.45) is 3.57. The van der Waals surface area contributed by atoms with Gasteiger partial charge in [0.05, 0.1) is 22.1 Å². The molecule has 4 heteroatoms. The van der Waals surface area contributed by atoms with Gasteiger partial charge < -0.3 is 0 Å². The Balaban J connectivity index is 2.02. The van der Waals surface area contributed by atoms with E-state index in [9.17, 15) is 0 Å². The highest BCUT2D eigenvalue weighted by atomic mass is 14.8. The normalized spacial score (nSPS) is 11.6. The summed E-state index contributed by atoms with van der Waals surface area (Å²) in [4.78, 5) is 18.5. The van der Waals surface area contributed by atoms with E-state index in [0.717, 1.165) is 43.9 Å². The molecule has 4 nitrogen and oxygen atoms in total. The molecule has 0 bridgehead atoms. The Morgan fingerprint density at radius 2 is 1.00 bits per heavy atom. The molecule has 0 aliphatic heterocycles. The smallest absolute Gasteiger partial charge is 0.116 e. The molecule has 2 aromatic carbocycles. The zero-order valence-electron chi connectivity index (χ0n) is 11.6. The van der Waals surface area contributed by atoms with Crippen LogP contribution in [0.1, 0.15) is 0 Å². The predicted octanol–water partition coefficient (Wildman–Crippen LogP) is 3.88. The molecule has 0 saturated carbocycles. The van der Waals surface area contributed by atoms with E-state index >= 15 is 0 Å². The molecular weight excluding hydrogens is 272 g/mol. The molecule has 5 rings (SSSR count). The molecule has 0 N–H and O–H groups in total. The third-order valence-corrected chi connectivity index (χ3v) is 3.92. The summed E-state index contributed by atoms with van der Waals surface area (Å²) >= 11 is 0. The molecular formula is C18H10N4. The van der Waals surface area contributed by atoms with Gasteiger partial charge in [-0.3, -0.25) is 9.97 Å². The summed E-state index contributed by atoms with van der Waals surface area (Å²) in [7, 11) is 0. The molecule has 0 aliphatic carbocycles. The van der Waals surface area contributed by atoms with Gasteiger partial charge in [-0.15, -0.1) is 0 Å². The van der Waals surface area contributed by atoms with E-state index in [2.05, 4.69) is 9.97 Å². The fraction of sp³-hybridized carbons (Fsp3) is 0. The maximum atomic E-state index is 4.79. The van der Waals surface area contributed by atoms with Gasteiger partial charge in [-0.1, -0.05) is 24.3 Å². The van der Waals surface area contributed by atoms with Crippen molar-refractivity contribution in [1.82, 2.24) is 19.9 Å². The highest BCUT2D eigenvalue weighted by molar-refractivity contribution is 6.08. The second-order valence-electron chi connectivity index (χ2n) is 5.24. The van der Waals surface area contributed by atoms with E-state index in [1.54, 1.807) is 12.4 Å². The molecule has 22 heavy (non-hydrogen) atoms. The average molecular weight is 282 g/mol. The maximum absolute atomic E-state index is 4.79. The lowest BCUT2D eigenvalue weighted by molar-refractivity contribution is 1.35. The average Bonchev–Trinajstić information content (AvgIpc) is 2.60. The minimum absolute atomic E-state index is 0.834. The van der Waals surface area contributed by atoms with Crippen LogP contribution in [0.5, 0.6) is 0 Å². The second kappa shape index (κ2) is 4.18. The summed E-state index contributed by atoms with van der Waals surface area (Å²) in [6, 6.07) is 16.0. The fourth-order valence-corrected chi connectivity index (χ4v) is 2.88. The highest BCUT2D eigenvalue weighted by Gasteiger charge is 2.09. The number of aromatic nitrogens is 4. The van der Waals surface area contributed by atoms with Gasteiger partial charge in [0.1, 0.15) is 11.0 Å². The van der Waals surface area contributed by atoms with E-state index in [4.69, 9.17) is 9.97 Å². The molecule has 0 atom stereocenters. The first-order chi connectivity index (χ1) is 10.9. The van der Waals surface area contributed by atoms with Crippen molar-refractivity contribution in [2.45, 2.75) is 0 Å². The Hall–Kier alpha value is -3.14. The van der Waals surface area contributed by atoms with Crippen molar-refractivity contribution in [1.29, 1.82) is 0 Å². The molecule has 0 saturated heterocycles. The van der Waals surface area contributed by atoms with Crippen LogP contribution in [0.15, 0.2) is 60.9 Å². The highest BCUT2D eigenvalue weighted by Crippen LogP contribution is 2.26. The van der Waals surface area contributed by atoms with Crippen LogP contribution in [0.4, 0.5) is 0 Å². The Bertz CT molecular complexity index is 1090. The van der Waals surface area contributed by atoms with E-state index in [1.807, 2.05) is 48.5 Å². The monoisotopic (exact) mass is 282 g/mol. The SMILES string of the molecule is c1cnc2c(c1)ccc1nc3c(ccc4cccnc43)nc12. The van der Waals surface area contributed by atoms with Gasteiger partial charge in [0.25, 0.3) is 0 Å². The third kappa shape index (κ3) is 1.52. The summed E-state index contributed by atoms with van der Waals surface area (Å²) in [6.45, 7) is 0. The Kier molecular flexibility index (Phi) is 2.19. The summed E-state index contributed by atoms with van der Waals surface area (Å²) < 4.78 is 0. The molecule has 3 aromatic heterocycles. The summed E-state index contributed by atoms with van der Waals surface area (Å²) in [5.74, 6) is 0. The topological polar surface area (TPSA) is 51.6 Å². The molecule has 0 spiro atoms. The van der Waals surface area contributed by atoms with Crippen LogP contribution >= 0.6 is 0 Å². The van der Waals surface area contributed by atoms with Gasteiger partial charge >= 0.3 is 0 Å². The first-order valence-electron chi connectivity index (χ1n) is 7.09. The van der Waals surface area contributed by atoms with Gasteiger partial charge in [0, 0.05) is 23.2 Å². The van der Waals surface area contributed by atoms with Gasteiger partial charge in [0.2, 0.25) is 0 Å². The standard InChI is InChI=1S/C18H10N4/c1-3-11-5-7-13-17(15(11)19-9-1)21-14-8-6-12-4-2-10-20-16(12)18(14)22-13/h1-10H. The maximum Gasteiger partial charge on any atom is 0.116 e. The van der Waals surface area contributed by atoms with E-state index < -0.39 is 0 Å².